The molecule has 1 saturated heterocycles. The Hall–Kier alpha value is -1.53. The number of hydrogen-bond donors (Lipinski definition) is 1. The summed E-state index contributed by atoms with van der Waals surface area (Å²) >= 11 is 0. The molecule has 0 bridgehead atoms. The van der Waals surface area contributed by atoms with Crippen LogP contribution < -0.4 is 10.6 Å². The first-order valence-corrected chi connectivity index (χ1v) is 6.57. The van der Waals surface area contributed by atoms with Gasteiger partial charge in [0.05, 0.1) is 11.6 Å². The number of anilines is 1. The van der Waals surface area contributed by atoms with Crippen LogP contribution in [0.25, 0.3) is 0 Å². The van der Waals surface area contributed by atoms with E-state index in [9.17, 15) is 0 Å². The van der Waals surface area contributed by atoms with Crippen LogP contribution in [0.1, 0.15) is 32.3 Å². The van der Waals surface area contributed by atoms with Gasteiger partial charge in [-0.2, -0.15) is 5.26 Å². The highest BCUT2D eigenvalue weighted by atomic mass is 15.2. The minimum atomic E-state index is 0.0845. The van der Waals surface area contributed by atoms with E-state index in [1.165, 1.54) is 18.5 Å². The summed E-state index contributed by atoms with van der Waals surface area (Å²) in [4.78, 5) is 2.43. The van der Waals surface area contributed by atoms with Crippen LogP contribution in [-0.2, 0) is 0 Å². The Morgan fingerprint density at radius 3 is 2.61 bits per heavy atom. The van der Waals surface area contributed by atoms with E-state index >= 15 is 0 Å². The fraction of sp³-hybridized carbons (Fsp3) is 0.533. The second-order valence-corrected chi connectivity index (χ2v) is 5.54. The summed E-state index contributed by atoms with van der Waals surface area (Å²) in [5, 5.41) is 8.84. The maximum Gasteiger partial charge on any atom is 0.0991 e. The van der Waals surface area contributed by atoms with Gasteiger partial charge in [-0.25, -0.2) is 0 Å². The van der Waals surface area contributed by atoms with E-state index in [1.54, 1.807) is 0 Å². The number of benzene rings is 1. The van der Waals surface area contributed by atoms with Crippen molar-refractivity contribution in [2.45, 2.75) is 32.2 Å². The molecule has 1 heterocycles. The summed E-state index contributed by atoms with van der Waals surface area (Å²) in [6.45, 7) is 6.33. The number of nitriles is 1. The van der Waals surface area contributed by atoms with Crippen LogP contribution in [0.15, 0.2) is 24.3 Å². The summed E-state index contributed by atoms with van der Waals surface area (Å²) in [5.41, 5.74) is 7.88. The third kappa shape index (κ3) is 2.21. The lowest BCUT2D eigenvalue weighted by molar-refractivity contribution is 0.245. The van der Waals surface area contributed by atoms with Gasteiger partial charge in [-0.3, -0.25) is 0 Å². The fourth-order valence-corrected chi connectivity index (χ4v) is 2.94. The van der Waals surface area contributed by atoms with Gasteiger partial charge >= 0.3 is 0 Å². The molecule has 1 unspecified atom stereocenters. The Morgan fingerprint density at radius 2 is 2.06 bits per heavy atom. The van der Waals surface area contributed by atoms with E-state index in [4.69, 9.17) is 11.0 Å². The highest BCUT2D eigenvalue weighted by Crippen LogP contribution is 2.36. The van der Waals surface area contributed by atoms with Crippen LogP contribution in [0, 0.1) is 17.2 Å². The Morgan fingerprint density at radius 1 is 1.39 bits per heavy atom. The first kappa shape index (κ1) is 12.9. The van der Waals surface area contributed by atoms with E-state index in [0.717, 1.165) is 13.1 Å². The molecule has 0 radical (unpaired) electrons. The Kier molecular flexibility index (Phi) is 3.58. The third-order valence-electron chi connectivity index (χ3n) is 4.22. The lowest BCUT2D eigenvalue weighted by Gasteiger charge is -2.49. The molecule has 1 atom stereocenters. The van der Waals surface area contributed by atoms with Crippen LogP contribution in [0.4, 0.5) is 5.69 Å². The topological polar surface area (TPSA) is 53.0 Å². The molecule has 0 saturated carbocycles. The first-order chi connectivity index (χ1) is 8.59. The molecule has 1 fully saturated rings. The zero-order chi connectivity index (χ0) is 13.2. The van der Waals surface area contributed by atoms with E-state index in [0.29, 0.717) is 11.5 Å². The Balaban J connectivity index is 2.28. The van der Waals surface area contributed by atoms with Crippen LogP contribution in [0.5, 0.6) is 0 Å². The predicted molar refractivity (Wildman–Crippen MR) is 74.4 cm³/mol. The minimum absolute atomic E-state index is 0.0845. The number of piperidine rings is 1. The van der Waals surface area contributed by atoms with E-state index in [2.05, 4.69) is 24.8 Å². The lowest BCUT2D eigenvalue weighted by Crippen LogP contribution is -2.55. The highest BCUT2D eigenvalue weighted by Gasteiger charge is 2.37. The van der Waals surface area contributed by atoms with Gasteiger partial charge in [-0.1, -0.05) is 0 Å². The zero-order valence-electron chi connectivity index (χ0n) is 11.2. The molecule has 0 aliphatic carbocycles. The molecule has 96 valence electrons. The average Bonchev–Trinajstić information content (AvgIpc) is 2.38. The van der Waals surface area contributed by atoms with E-state index in [-0.39, 0.29) is 5.54 Å². The maximum atomic E-state index is 8.84. The van der Waals surface area contributed by atoms with Crippen molar-refractivity contribution in [1.82, 2.24) is 0 Å². The molecule has 1 aliphatic heterocycles. The van der Waals surface area contributed by atoms with Gasteiger partial charge in [-0.05, 0) is 63.4 Å². The van der Waals surface area contributed by atoms with E-state index in [1.807, 2.05) is 24.3 Å². The van der Waals surface area contributed by atoms with Crippen molar-refractivity contribution in [1.29, 1.82) is 5.26 Å². The molecule has 2 N–H and O–H groups in total. The number of nitrogens with zero attached hydrogens (tertiary/aromatic N) is 2. The van der Waals surface area contributed by atoms with Crippen LogP contribution in [-0.4, -0.2) is 18.6 Å². The van der Waals surface area contributed by atoms with Gasteiger partial charge in [0.25, 0.3) is 0 Å². The molecule has 1 aromatic carbocycles. The standard InChI is InChI=1S/C15H21N3/c1-15(2)13(11-17)4-3-9-18(15)14-7-5-12(10-16)6-8-14/h5-8,13H,3-4,9,11,17H2,1-2H3. The van der Waals surface area contributed by atoms with Crippen molar-refractivity contribution >= 4 is 5.69 Å². The summed E-state index contributed by atoms with van der Waals surface area (Å²) in [7, 11) is 0. The number of hydrogen-bond acceptors (Lipinski definition) is 3. The van der Waals surface area contributed by atoms with Gasteiger partial charge in [0, 0.05) is 17.8 Å². The van der Waals surface area contributed by atoms with Gasteiger partial charge in [-0.15, -0.1) is 0 Å². The number of nitrogens with two attached hydrogens (primary N) is 1. The Labute approximate surface area is 109 Å². The summed E-state index contributed by atoms with van der Waals surface area (Å²) in [6, 6.07) is 10.0. The molecule has 1 aromatic rings. The average molecular weight is 243 g/mol. The molecule has 0 spiro atoms. The Bertz CT molecular complexity index is 442. The smallest absolute Gasteiger partial charge is 0.0991 e. The third-order valence-corrected chi connectivity index (χ3v) is 4.22. The fourth-order valence-electron chi connectivity index (χ4n) is 2.94. The van der Waals surface area contributed by atoms with Gasteiger partial charge < -0.3 is 10.6 Å². The summed E-state index contributed by atoms with van der Waals surface area (Å²) < 4.78 is 0. The van der Waals surface area contributed by atoms with Crippen molar-refractivity contribution in [2.75, 3.05) is 18.0 Å². The van der Waals surface area contributed by atoms with E-state index < -0.39 is 0 Å². The van der Waals surface area contributed by atoms with Crippen LogP contribution >= 0.6 is 0 Å². The largest absolute Gasteiger partial charge is 0.366 e. The SMILES string of the molecule is CC1(C)C(CN)CCCN1c1ccc(C#N)cc1. The minimum Gasteiger partial charge on any atom is -0.366 e. The molecular weight excluding hydrogens is 222 g/mol. The van der Waals surface area contributed by atoms with Crippen molar-refractivity contribution < 1.29 is 0 Å². The molecule has 1 aliphatic rings. The predicted octanol–water partition coefficient (Wildman–Crippen LogP) is 2.51. The number of rotatable bonds is 2. The van der Waals surface area contributed by atoms with Crippen molar-refractivity contribution in [3.8, 4) is 6.07 Å². The second kappa shape index (κ2) is 4.99. The molecule has 3 heteroatoms. The quantitative estimate of drug-likeness (QED) is 0.868. The lowest BCUT2D eigenvalue weighted by atomic mass is 9.78. The van der Waals surface area contributed by atoms with Crippen molar-refractivity contribution in [2.24, 2.45) is 11.7 Å². The molecule has 2 rings (SSSR count). The molecule has 0 aromatic heterocycles. The van der Waals surface area contributed by atoms with Gasteiger partial charge in [0.1, 0.15) is 0 Å². The normalized spacial score (nSPS) is 22.6. The van der Waals surface area contributed by atoms with Crippen molar-refractivity contribution in [3.05, 3.63) is 29.8 Å². The molecular formula is C15H21N3. The first-order valence-electron chi connectivity index (χ1n) is 6.57. The summed E-state index contributed by atoms with van der Waals surface area (Å²) in [6.07, 6.45) is 2.39. The maximum absolute atomic E-state index is 8.84. The highest BCUT2D eigenvalue weighted by molar-refractivity contribution is 5.52. The monoisotopic (exact) mass is 243 g/mol. The second-order valence-electron chi connectivity index (χ2n) is 5.54. The van der Waals surface area contributed by atoms with Crippen LogP contribution in [0.2, 0.25) is 0 Å². The van der Waals surface area contributed by atoms with Crippen LogP contribution in [0.3, 0.4) is 0 Å². The summed E-state index contributed by atoms with van der Waals surface area (Å²) in [5.74, 6) is 0.530. The molecule has 0 amide bonds. The van der Waals surface area contributed by atoms with Crippen molar-refractivity contribution in [3.63, 3.8) is 0 Å². The molecule has 18 heavy (non-hydrogen) atoms. The molecule has 3 nitrogen and oxygen atoms in total. The zero-order valence-corrected chi connectivity index (χ0v) is 11.2. The van der Waals surface area contributed by atoms with Gasteiger partial charge in [0.2, 0.25) is 0 Å². The van der Waals surface area contributed by atoms with Gasteiger partial charge in [0.15, 0.2) is 0 Å².